The van der Waals surface area contributed by atoms with Crippen molar-refractivity contribution in [3.63, 3.8) is 0 Å². The second-order valence-corrected chi connectivity index (χ2v) is 5.56. The highest BCUT2D eigenvalue weighted by Crippen LogP contribution is 2.18. The van der Waals surface area contributed by atoms with Crippen molar-refractivity contribution in [3.8, 4) is 0 Å². The Labute approximate surface area is 115 Å². The van der Waals surface area contributed by atoms with Gasteiger partial charge in [-0.05, 0) is 38.2 Å². The highest BCUT2D eigenvalue weighted by atomic mass is 32.1. The Morgan fingerprint density at radius 3 is 2.47 bits per heavy atom. The molecule has 19 heavy (non-hydrogen) atoms. The van der Waals surface area contributed by atoms with Gasteiger partial charge in [-0.3, -0.25) is 9.69 Å². The number of nitrogens with zero attached hydrogens (tertiary/aromatic N) is 1. The van der Waals surface area contributed by atoms with Crippen molar-refractivity contribution in [1.82, 2.24) is 10.2 Å². The molecule has 0 bridgehead atoms. The van der Waals surface area contributed by atoms with Crippen LogP contribution in [-0.2, 0) is 11.2 Å². The van der Waals surface area contributed by atoms with Crippen molar-refractivity contribution in [1.29, 1.82) is 0 Å². The lowest BCUT2D eigenvalue weighted by Gasteiger charge is -2.17. The zero-order valence-electron chi connectivity index (χ0n) is 10.7. The van der Waals surface area contributed by atoms with Gasteiger partial charge < -0.3 is 5.32 Å². The molecule has 3 nitrogen and oxygen atoms in total. The molecule has 6 heteroatoms. The Hall–Kier alpha value is -1.56. The molecular weight excluding hydrogens is 270 g/mol. The second-order valence-electron chi connectivity index (χ2n) is 5.17. The van der Waals surface area contributed by atoms with Gasteiger partial charge in [-0.2, -0.15) is 0 Å². The lowest BCUT2D eigenvalue weighted by molar-refractivity contribution is -0.126. The van der Waals surface area contributed by atoms with Crippen LogP contribution in [0.1, 0.15) is 19.4 Å². The van der Waals surface area contributed by atoms with E-state index in [1.54, 1.807) is 0 Å². The highest BCUT2D eigenvalue weighted by molar-refractivity contribution is 7.80. The van der Waals surface area contributed by atoms with Gasteiger partial charge in [0.15, 0.2) is 5.11 Å². The summed E-state index contributed by atoms with van der Waals surface area (Å²) in [6, 6.07) is 3.54. The van der Waals surface area contributed by atoms with Gasteiger partial charge in [-0.25, -0.2) is 8.78 Å². The number of carbonyl (C=O) groups is 1. The van der Waals surface area contributed by atoms with Crippen LogP contribution >= 0.6 is 12.2 Å². The third-order valence-electron chi connectivity index (χ3n) is 2.93. The van der Waals surface area contributed by atoms with E-state index in [1.165, 1.54) is 11.0 Å². The van der Waals surface area contributed by atoms with Crippen molar-refractivity contribution >= 4 is 23.2 Å². The van der Waals surface area contributed by atoms with Crippen molar-refractivity contribution in [2.75, 3.05) is 6.54 Å². The summed E-state index contributed by atoms with van der Waals surface area (Å²) in [5.74, 6) is -1.84. The summed E-state index contributed by atoms with van der Waals surface area (Å²) < 4.78 is 27.0. The largest absolute Gasteiger partial charge is 0.356 e. The predicted molar refractivity (Wildman–Crippen MR) is 71.6 cm³/mol. The number of hydrogen-bond donors (Lipinski definition) is 1. The minimum atomic E-state index is -0.717. The fourth-order valence-electron chi connectivity index (χ4n) is 2.01. The monoisotopic (exact) mass is 284 g/mol. The van der Waals surface area contributed by atoms with E-state index in [2.05, 4.69) is 5.32 Å². The molecule has 1 amide bonds. The smallest absolute Gasteiger partial charge is 0.233 e. The quantitative estimate of drug-likeness (QED) is 0.843. The number of hydrogen-bond acceptors (Lipinski definition) is 2. The van der Waals surface area contributed by atoms with Gasteiger partial charge in [0, 0.05) is 5.56 Å². The SMILES string of the molecule is CC1(C)CN(C(=O)Cc2c(F)cccc2F)C(=S)N1. The molecule has 1 saturated heterocycles. The van der Waals surface area contributed by atoms with E-state index >= 15 is 0 Å². The van der Waals surface area contributed by atoms with Gasteiger partial charge >= 0.3 is 0 Å². The summed E-state index contributed by atoms with van der Waals surface area (Å²) in [6.45, 7) is 4.19. The lowest BCUT2D eigenvalue weighted by Crippen LogP contribution is -2.36. The summed E-state index contributed by atoms with van der Waals surface area (Å²) in [5, 5.41) is 3.29. The van der Waals surface area contributed by atoms with Gasteiger partial charge in [-0.15, -0.1) is 0 Å². The number of rotatable bonds is 2. The normalized spacial score (nSPS) is 17.5. The summed E-state index contributed by atoms with van der Waals surface area (Å²) in [5.41, 5.74) is -0.541. The molecule has 1 aliphatic heterocycles. The molecule has 1 N–H and O–H groups in total. The molecule has 0 unspecified atom stereocenters. The fraction of sp³-hybridized carbons (Fsp3) is 0.385. The number of carbonyl (C=O) groups excluding carboxylic acids is 1. The third kappa shape index (κ3) is 2.89. The summed E-state index contributed by atoms with van der Waals surface area (Å²) >= 11 is 5.05. The summed E-state index contributed by atoms with van der Waals surface area (Å²) in [6.07, 6.45) is -0.337. The van der Waals surface area contributed by atoms with Crippen LogP contribution in [0.5, 0.6) is 0 Å². The molecule has 0 saturated carbocycles. The molecule has 1 fully saturated rings. The zero-order valence-corrected chi connectivity index (χ0v) is 11.5. The van der Waals surface area contributed by atoms with Gasteiger partial charge in [0.2, 0.25) is 5.91 Å². The maximum atomic E-state index is 13.5. The van der Waals surface area contributed by atoms with Crippen LogP contribution in [0, 0.1) is 11.6 Å². The molecule has 0 spiro atoms. The number of benzene rings is 1. The standard InChI is InChI=1S/C13H14F2N2OS/c1-13(2)7-17(12(19)16-13)11(18)6-8-9(14)4-3-5-10(8)15/h3-5H,6-7H2,1-2H3,(H,16,19). The number of halogens is 2. The first-order chi connectivity index (χ1) is 8.80. The van der Waals surface area contributed by atoms with Crippen LogP contribution in [0.4, 0.5) is 8.78 Å². The molecule has 1 aliphatic rings. The molecular formula is C13H14F2N2OS. The maximum Gasteiger partial charge on any atom is 0.233 e. The van der Waals surface area contributed by atoms with Crippen LogP contribution < -0.4 is 5.32 Å². The van der Waals surface area contributed by atoms with E-state index < -0.39 is 17.5 Å². The van der Waals surface area contributed by atoms with E-state index in [0.717, 1.165) is 12.1 Å². The van der Waals surface area contributed by atoms with Crippen LogP contribution in [0.25, 0.3) is 0 Å². The first-order valence-electron chi connectivity index (χ1n) is 5.85. The van der Waals surface area contributed by atoms with E-state index in [1.807, 2.05) is 13.8 Å². The van der Waals surface area contributed by atoms with Crippen molar-refractivity contribution in [2.45, 2.75) is 25.8 Å². The summed E-state index contributed by atoms with van der Waals surface area (Å²) in [7, 11) is 0. The third-order valence-corrected chi connectivity index (χ3v) is 3.26. The molecule has 1 aromatic rings. The molecule has 0 aromatic heterocycles. The van der Waals surface area contributed by atoms with Gasteiger partial charge in [0.05, 0.1) is 18.5 Å². The molecule has 0 aliphatic carbocycles. The summed E-state index contributed by atoms with van der Waals surface area (Å²) in [4.78, 5) is 13.4. The maximum absolute atomic E-state index is 13.5. The predicted octanol–water partition coefficient (Wildman–Crippen LogP) is 2.00. The Balaban J connectivity index is 2.16. The van der Waals surface area contributed by atoms with E-state index in [-0.39, 0.29) is 17.5 Å². The average molecular weight is 284 g/mol. The van der Waals surface area contributed by atoms with Crippen molar-refractivity contribution < 1.29 is 13.6 Å². The zero-order chi connectivity index (χ0) is 14.2. The first kappa shape index (κ1) is 13.9. The second kappa shape index (κ2) is 4.85. The number of amides is 1. The Kier molecular flexibility index (Phi) is 3.54. The lowest BCUT2D eigenvalue weighted by atomic mass is 10.1. The fourth-order valence-corrected chi connectivity index (χ4v) is 2.46. The van der Waals surface area contributed by atoms with Crippen LogP contribution in [-0.4, -0.2) is 28.0 Å². The first-order valence-corrected chi connectivity index (χ1v) is 6.26. The molecule has 0 radical (unpaired) electrons. The minimum Gasteiger partial charge on any atom is -0.356 e. The number of nitrogens with one attached hydrogen (secondary N) is 1. The average Bonchev–Trinajstić information content (AvgIpc) is 2.57. The Morgan fingerprint density at radius 1 is 1.42 bits per heavy atom. The van der Waals surface area contributed by atoms with Crippen LogP contribution in [0.3, 0.4) is 0 Å². The van der Waals surface area contributed by atoms with Gasteiger partial charge in [-0.1, -0.05) is 6.07 Å². The Bertz CT molecular complexity index is 525. The molecule has 2 rings (SSSR count). The van der Waals surface area contributed by atoms with Crippen LogP contribution in [0.2, 0.25) is 0 Å². The molecule has 0 atom stereocenters. The van der Waals surface area contributed by atoms with Gasteiger partial charge in [0.25, 0.3) is 0 Å². The molecule has 1 heterocycles. The molecule has 102 valence electrons. The highest BCUT2D eigenvalue weighted by Gasteiger charge is 2.35. The van der Waals surface area contributed by atoms with E-state index in [9.17, 15) is 13.6 Å². The van der Waals surface area contributed by atoms with Crippen LogP contribution in [0.15, 0.2) is 18.2 Å². The van der Waals surface area contributed by atoms with Crippen molar-refractivity contribution in [2.24, 2.45) is 0 Å². The Morgan fingerprint density at radius 2 is 2.00 bits per heavy atom. The minimum absolute atomic E-state index is 0.222. The topological polar surface area (TPSA) is 32.3 Å². The van der Waals surface area contributed by atoms with E-state index in [0.29, 0.717) is 11.7 Å². The van der Waals surface area contributed by atoms with Gasteiger partial charge in [0.1, 0.15) is 11.6 Å². The number of thiocarbonyl (C=S) groups is 1. The van der Waals surface area contributed by atoms with Crippen molar-refractivity contribution in [3.05, 3.63) is 35.4 Å². The van der Waals surface area contributed by atoms with E-state index in [4.69, 9.17) is 12.2 Å². The molecule has 1 aromatic carbocycles.